The maximum absolute atomic E-state index is 8.57. The average Bonchev–Trinajstić information content (AvgIpc) is 2.53. The van der Waals surface area contributed by atoms with Crippen LogP contribution < -0.4 is 0 Å². The lowest BCUT2D eigenvalue weighted by molar-refractivity contribution is 0.0385. The minimum absolute atomic E-state index is 0.632. The number of rotatable bonds is 16. The van der Waals surface area contributed by atoms with Crippen LogP contribution in [0.1, 0.15) is 51.9 Å². The Kier molecular flexibility index (Phi) is 17.0. The highest BCUT2D eigenvalue weighted by atomic mass is 16.5. The van der Waals surface area contributed by atoms with Gasteiger partial charge in [-0.3, -0.25) is 0 Å². The molecule has 0 aromatic heterocycles. The number of unbranched alkanes of at least 4 members (excludes halogenated alkanes) is 4. The van der Waals surface area contributed by atoms with E-state index in [4.69, 9.17) is 20.0 Å². The molecule has 0 radical (unpaired) electrons. The molecule has 0 fully saturated rings. The summed E-state index contributed by atoms with van der Waals surface area (Å²) in [6.45, 7) is 7.84. The molecule has 0 saturated heterocycles. The van der Waals surface area contributed by atoms with Crippen LogP contribution in [0.15, 0.2) is 0 Å². The molecule has 0 bridgehead atoms. The molecule has 0 saturated carbocycles. The van der Waals surface area contributed by atoms with Crippen molar-refractivity contribution < 1.29 is 9.47 Å². The molecule has 0 aliphatic heterocycles. The molecule has 0 rings (SSSR count). The molecular weight excluding hydrogens is 278 g/mol. The molecule has 5 heteroatoms. The van der Waals surface area contributed by atoms with Crippen LogP contribution in [0.25, 0.3) is 0 Å². The van der Waals surface area contributed by atoms with E-state index in [1.54, 1.807) is 0 Å². The lowest BCUT2D eigenvalue weighted by Crippen LogP contribution is -2.30. The van der Waals surface area contributed by atoms with Gasteiger partial charge in [-0.05, 0) is 45.2 Å². The van der Waals surface area contributed by atoms with E-state index in [2.05, 4.69) is 24.0 Å². The zero-order chi connectivity index (χ0) is 16.3. The molecule has 0 amide bonds. The Morgan fingerprint density at radius 2 is 1.27 bits per heavy atom. The van der Waals surface area contributed by atoms with Crippen LogP contribution in [0.2, 0.25) is 0 Å². The zero-order valence-electron chi connectivity index (χ0n) is 14.1. The monoisotopic (exact) mass is 309 g/mol. The highest BCUT2D eigenvalue weighted by Gasteiger charge is 2.04. The second-order valence-corrected chi connectivity index (χ2v) is 5.30. The van der Waals surface area contributed by atoms with Gasteiger partial charge in [0.25, 0.3) is 0 Å². The van der Waals surface area contributed by atoms with Gasteiger partial charge in [-0.25, -0.2) is 0 Å². The fraction of sp³-hybridized carbons (Fsp3) is 0.882. The van der Waals surface area contributed by atoms with E-state index in [9.17, 15) is 0 Å². The first-order chi connectivity index (χ1) is 10.8. The minimum atomic E-state index is 0.632. The standard InChI is InChI=1S/C17H31N3O2/c1-2-14-21-16-17-22-15-13-20(11-7-3-5-9-18)12-8-4-6-10-19/h2-8,11-17H2,1H3. The maximum Gasteiger partial charge on any atom is 0.0701 e. The summed E-state index contributed by atoms with van der Waals surface area (Å²) in [6, 6.07) is 4.37. The van der Waals surface area contributed by atoms with Crippen LogP contribution in [-0.4, -0.2) is 51.0 Å². The van der Waals surface area contributed by atoms with Crippen molar-refractivity contribution >= 4 is 0 Å². The van der Waals surface area contributed by atoms with E-state index in [-0.39, 0.29) is 0 Å². The van der Waals surface area contributed by atoms with Gasteiger partial charge in [0.2, 0.25) is 0 Å². The van der Waals surface area contributed by atoms with Crippen molar-refractivity contribution in [3.8, 4) is 12.1 Å². The average molecular weight is 309 g/mol. The Hall–Kier alpha value is -1.14. The predicted octanol–water partition coefficient (Wildman–Crippen LogP) is 3.12. The molecule has 0 aliphatic carbocycles. The van der Waals surface area contributed by atoms with Crippen molar-refractivity contribution in [2.75, 3.05) is 46.1 Å². The van der Waals surface area contributed by atoms with Crippen LogP contribution in [0, 0.1) is 22.7 Å². The van der Waals surface area contributed by atoms with Crippen LogP contribution >= 0.6 is 0 Å². The third-order valence-electron chi connectivity index (χ3n) is 3.30. The van der Waals surface area contributed by atoms with Crippen molar-refractivity contribution in [1.29, 1.82) is 10.5 Å². The van der Waals surface area contributed by atoms with Gasteiger partial charge in [0.1, 0.15) is 0 Å². The SMILES string of the molecule is CCCOCCOCCN(CCCCC#N)CCCCC#N. The van der Waals surface area contributed by atoms with E-state index in [1.807, 2.05) is 0 Å². The van der Waals surface area contributed by atoms with E-state index < -0.39 is 0 Å². The second-order valence-electron chi connectivity index (χ2n) is 5.30. The first-order valence-corrected chi connectivity index (χ1v) is 8.46. The Morgan fingerprint density at radius 3 is 1.77 bits per heavy atom. The molecule has 0 heterocycles. The van der Waals surface area contributed by atoms with Gasteiger partial charge in [0.15, 0.2) is 0 Å². The highest BCUT2D eigenvalue weighted by Crippen LogP contribution is 2.02. The number of nitrogens with zero attached hydrogens (tertiary/aromatic N) is 3. The van der Waals surface area contributed by atoms with Crippen molar-refractivity contribution in [2.45, 2.75) is 51.9 Å². The molecule has 0 aromatic carbocycles. The third kappa shape index (κ3) is 15.3. The Morgan fingerprint density at radius 1 is 0.727 bits per heavy atom. The van der Waals surface area contributed by atoms with Crippen LogP contribution in [-0.2, 0) is 9.47 Å². The zero-order valence-corrected chi connectivity index (χ0v) is 14.1. The number of hydrogen-bond acceptors (Lipinski definition) is 5. The summed E-state index contributed by atoms with van der Waals surface area (Å²) >= 11 is 0. The molecule has 5 nitrogen and oxygen atoms in total. The topological polar surface area (TPSA) is 69.3 Å². The summed E-state index contributed by atoms with van der Waals surface area (Å²) in [7, 11) is 0. The van der Waals surface area contributed by atoms with Gasteiger partial charge < -0.3 is 14.4 Å². The first-order valence-electron chi connectivity index (χ1n) is 8.46. The number of ether oxygens (including phenoxy) is 2. The smallest absolute Gasteiger partial charge is 0.0701 e. The van der Waals surface area contributed by atoms with Gasteiger partial charge in [-0.15, -0.1) is 0 Å². The fourth-order valence-electron chi connectivity index (χ4n) is 2.07. The Balaban J connectivity index is 3.71. The van der Waals surface area contributed by atoms with E-state index in [0.717, 1.165) is 58.3 Å². The van der Waals surface area contributed by atoms with Crippen molar-refractivity contribution in [3.63, 3.8) is 0 Å². The summed E-state index contributed by atoms with van der Waals surface area (Å²) in [6.07, 6.45) is 6.31. The lowest BCUT2D eigenvalue weighted by Gasteiger charge is -2.22. The number of hydrogen-bond donors (Lipinski definition) is 0. The summed E-state index contributed by atoms with van der Waals surface area (Å²) in [5, 5.41) is 17.1. The molecule has 0 aromatic rings. The van der Waals surface area contributed by atoms with Gasteiger partial charge in [-0.2, -0.15) is 10.5 Å². The summed E-state index contributed by atoms with van der Waals surface area (Å²) in [5.74, 6) is 0. The van der Waals surface area contributed by atoms with Crippen LogP contribution in [0.4, 0.5) is 0 Å². The van der Waals surface area contributed by atoms with Gasteiger partial charge >= 0.3 is 0 Å². The molecule has 22 heavy (non-hydrogen) atoms. The molecule has 0 spiro atoms. The van der Waals surface area contributed by atoms with Crippen LogP contribution in [0.5, 0.6) is 0 Å². The molecule has 0 aliphatic rings. The molecule has 0 atom stereocenters. The molecule has 126 valence electrons. The summed E-state index contributed by atoms with van der Waals surface area (Å²) < 4.78 is 11.0. The van der Waals surface area contributed by atoms with Gasteiger partial charge in [-0.1, -0.05) is 6.92 Å². The Labute approximate surface area is 135 Å². The van der Waals surface area contributed by atoms with E-state index >= 15 is 0 Å². The largest absolute Gasteiger partial charge is 0.379 e. The molecule has 0 N–H and O–H groups in total. The number of nitriles is 2. The summed E-state index contributed by atoms with van der Waals surface area (Å²) in [4.78, 5) is 2.38. The molecule has 0 unspecified atom stereocenters. The van der Waals surface area contributed by atoms with Gasteiger partial charge in [0, 0.05) is 26.0 Å². The van der Waals surface area contributed by atoms with Crippen molar-refractivity contribution in [1.82, 2.24) is 4.90 Å². The predicted molar refractivity (Wildman–Crippen MR) is 87.3 cm³/mol. The van der Waals surface area contributed by atoms with Crippen LogP contribution in [0.3, 0.4) is 0 Å². The lowest BCUT2D eigenvalue weighted by atomic mass is 10.2. The van der Waals surface area contributed by atoms with E-state index in [0.29, 0.717) is 32.7 Å². The fourth-order valence-corrected chi connectivity index (χ4v) is 2.07. The van der Waals surface area contributed by atoms with Gasteiger partial charge in [0.05, 0.1) is 32.0 Å². The third-order valence-corrected chi connectivity index (χ3v) is 3.30. The minimum Gasteiger partial charge on any atom is -0.379 e. The second kappa shape index (κ2) is 17.9. The summed E-state index contributed by atoms with van der Waals surface area (Å²) in [5.41, 5.74) is 0. The quantitative estimate of drug-likeness (QED) is 0.410. The normalized spacial score (nSPS) is 10.5. The van der Waals surface area contributed by atoms with E-state index in [1.165, 1.54) is 0 Å². The highest BCUT2D eigenvalue weighted by molar-refractivity contribution is 4.70. The van der Waals surface area contributed by atoms with Crippen molar-refractivity contribution in [3.05, 3.63) is 0 Å². The Bertz CT molecular complexity index is 288. The maximum atomic E-state index is 8.57. The molecular formula is C17H31N3O2. The van der Waals surface area contributed by atoms with Crippen molar-refractivity contribution in [2.24, 2.45) is 0 Å². The first kappa shape index (κ1) is 20.9.